The summed E-state index contributed by atoms with van der Waals surface area (Å²) >= 11 is 0. The topological polar surface area (TPSA) is 0 Å². The van der Waals surface area contributed by atoms with Gasteiger partial charge in [-0.15, -0.1) is 0 Å². The van der Waals surface area contributed by atoms with E-state index in [0.29, 0.717) is 24.2 Å². The third kappa shape index (κ3) is 3.37. The number of hydrogen-bond donors (Lipinski definition) is 0. The Bertz CT molecular complexity index is 573. The van der Waals surface area contributed by atoms with E-state index in [0.717, 1.165) is 24.7 Å². The normalized spacial score (nSPS) is 36.3. The molecule has 3 saturated carbocycles. The van der Waals surface area contributed by atoms with Crippen LogP contribution in [0.15, 0.2) is 0 Å². The molecular weight excluding hydrogens is 345 g/mol. The minimum atomic E-state index is -4.06. The molecule has 0 amide bonds. The van der Waals surface area contributed by atoms with Gasteiger partial charge in [-0.3, -0.25) is 0 Å². The van der Waals surface area contributed by atoms with Crippen LogP contribution in [-0.2, 0) is 0 Å². The molecule has 0 N–H and O–H groups in total. The van der Waals surface area contributed by atoms with E-state index in [9.17, 15) is 13.2 Å². The summed E-state index contributed by atoms with van der Waals surface area (Å²) in [6.45, 7) is 17.9. The molecule has 0 saturated heterocycles. The van der Waals surface area contributed by atoms with Crippen molar-refractivity contribution in [1.82, 2.24) is 0 Å². The zero-order chi connectivity index (χ0) is 20.7. The average molecular weight is 387 g/mol. The predicted octanol–water partition coefficient (Wildman–Crippen LogP) is 8.26. The van der Waals surface area contributed by atoms with Crippen molar-refractivity contribution in [3.8, 4) is 0 Å². The highest BCUT2D eigenvalue weighted by Crippen LogP contribution is 2.72. The minimum Gasteiger partial charge on any atom is -0.170 e. The van der Waals surface area contributed by atoms with Crippen LogP contribution in [0.3, 0.4) is 0 Å². The minimum absolute atomic E-state index is 0.178. The van der Waals surface area contributed by atoms with Crippen LogP contribution in [0.5, 0.6) is 0 Å². The largest absolute Gasteiger partial charge is 0.395 e. The first-order valence-corrected chi connectivity index (χ1v) is 11.0. The lowest BCUT2D eigenvalue weighted by molar-refractivity contribution is -0.226. The summed E-state index contributed by atoms with van der Waals surface area (Å²) in [6.07, 6.45) is 2.15. The maximum atomic E-state index is 13.7. The second-order valence-electron chi connectivity index (χ2n) is 12.9. The molecule has 0 aromatic rings. The van der Waals surface area contributed by atoms with Crippen LogP contribution in [0.2, 0.25) is 0 Å². The SMILES string of the molecule is CC(C)(C)C1CC1CC(C)(C)C1(C)CCC1CC(C)(C)C1(C(F)(F)F)CC1. The Balaban J connectivity index is 1.68. The van der Waals surface area contributed by atoms with Crippen LogP contribution in [-0.4, -0.2) is 6.18 Å². The summed E-state index contributed by atoms with van der Waals surface area (Å²) in [5.74, 6) is 2.04. The molecule has 3 rings (SSSR count). The lowest BCUT2D eigenvalue weighted by atomic mass is 9.45. The summed E-state index contributed by atoms with van der Waals surface area (Å²) in [4.78, 5) is 0. The van der Waals surface area contributed by atoms with Crippen molar-refractivity contribution in [1.29, 1.82) is 0 Å². The number of rotatable bonds is 6. The molecule has 0 aromatic carbocycles. The maximum absolute atomic E-state index is 13.7. The van der Waals surface area contributed by atoms with Crippen molar-refractivity contribution in [2.75, 3.05) is 0 Å². The van der Waals surface area contributed by atoms with Crippen LogP contribution >= 0.6 is 0 Å². The van der Waals surface area contributed by atoms with Gasteiger partial charge in [0.1, 0.15) is 0 Å². The van der Waals surface area contributed by atoms with E-state index in [4.69, 9.17) is 0 Å². The molecule has 3 fully saturated rings. The summed E-state index contributed by atoms with van der Waals surface area (Å²) in [5, 5.41) is 0. The molecule has 3 aliphatic rings. The molecule has 0 radical (unpaired) electrons. The van der Waals surface area contributed by atoms with Crippen molar-refractivity contribution >= 4 is 0 Å². The van der Waals surface area contributed by atoms with Gasteiger partial charge >= 0.3 is 6.18 Å². The van der Waals surface area contributed by atoms with Gasteiger partial charge in [-0.2, -0.15) is 13.2 Å². The molecule has 0 spiro atoms. The Morgan fingerprint density at radius 3 is 1.70 bits per heavy atom. The second-order valence-corrected chi connectivity index (χ2v) is 12.9. The van der Waals surface area contributed by atoms with Gasteiger partial charge < -0.3 is 0 Å². The summed E-state index contributed by atoms with van der Waals surface area (Å²) in [6, 6.07) is 0. The van der Waals surface area contributed by atoms with Crippen LogP contribution in [0.25, 0.3) is 0 Å². The van der Waals surface area contributed by atoms with E-state index in [1.54, 1.807) is 0 Å². The molecule has 0 bridgehead atoms. The number of hydrogen-bond acceptors (Lipinski definition) is 0. The molecule has 27 heavy (non-hydrogen) atoms. The smallest absolute Gasteiger partial charge is 0.170 e. The Kier molecular flexibility index (Phi) is 4.70. The third-order valence-electron chi connectivity index (χ3n) is 9.61. The van der Waals surface area contributed by atoms with E-state index in [-0.39, 0.29) is 10.8 Å². The van der Waals surface area contributed by atoms with Crippen LogP contribution in [0.4, 0.5) is 13.2 Å². The van der Waals surface area contributed by atoms with Gasteiger partial charge in [0.15, 0.2) is 0 Å². The summed E-state index contributed by atoms with van der Waals surface area (Å²) in [5.41, 5.74) is -1.31. The fraction of sp³-hybridized carbons (Fsp3) is 1.00. The third-order valence-corrected chi connectivity index (χ3v) is 9.61. The fourth-order valence-electron chi connectivity index (χ4n) is 6.70. The van der Waals surface area contributed by atoms with Gasteiger partial charge in [0.05, 0.1) is 5.41 Å². The van der Waals surface area contributed by atoms with Crippen LogP contribution in [0, 0.1) is 44.8 Å². The highest BCUT2D eigenvalue weighted by molar-refractivity contribution is 5.12. The summed E-state index contributed by atoms with van der Waals surface area (Å²) < 4.78 is 41.2. The quantitative estimate of drug-likeness (QED) is 0.431. The molecular formula is C24H41F3. The standard InChI is InChI=1S/C24H41F3/c1-19(2,3)18-13-16(18)14-20(4,5)22(8)10-9-17(22)15-21(6,7)23(11-12-23)24(25,26)27/h16-18H,9-15H2,1-8H3. The molecule has 4 unspecified atom stereocenters. The molecule has 3 aliphatic carbocycles. The first-order valence-electron chi connectivity index (χ1n) is 11.0. The van der Waals surface area contributed by atoms with Crippen molar-refractivity contribution < 1.29 is 13.2 Å². The summed E-state index contributed by atoms with van der Waals surface area (Å²) in [7, 11) is 0. The van der Waals surface area contributed by atoms with Gasteiger partial charge in [-0.1, -0.05) is 55.4 Å². The van der Waals surface area contributed by atoms with Gasteiger partial charge in [0.25, 0.3) is 0 Å². The van der Waals surface area contributed by atoms with Crippen molar-refractivity contribution in [2.24, 2.45) is 44.8 Å². The van der Waals surface area contributed by atoms with E-state index in [2.05, 4.69) is 41.5 Å². The first kappa shape index (κ1) is 21.5. The fourth-order valence-corrected chi connectivity index (χ4v) is 6.70. The molecule has 0 aliphatic heterocycles. The zero-order valence-corrected chi connectivity index (χ0v) is 18.8. The predicted molar refractivity (Wildman–Crippen MR) is 106 cm³/mol. The molecule has 4 atom stereocenters. The highest BCUT2D eigenvalue weighted by Gasteiger charge is 2.71. The molecule has 158 valence electrons. The second kappa shape index (κ2) is 5.91. The van der Waals surface area contributed by atoms with Gasteiger partial charge in [-0.05, 0) is 84.4 Å². The average Bonchev–Trinajstić information content (AvgIpc) is 3.32. The molecule has 3 heteroatoms. The van der Waals surface area contributed by atoms with Crippen molar-refractivity contribution in [3.05, 3.63) is 0 Å². The van der Waals surface area contributed by atoms with Gasteiger partial charge in [0.2, 0.25) is 0 Å². The van der Waals surface area contributed by atoms with Gasteiger partial charge in [-0.25, -0.2) is 0 Å². The van der Waals surface area contributed by atoms with Crippen LogP contribution in [0.1, 0.15) is 100 Å². The van der Waals surface area contributed by atoms with E-state index in [1.807, 2.05) is 13.8 Å². The maximum Gasteiger partial charge on any atom is 0.395 e. The number of alkyl halides is 3. The first-order chi connectivity index (χ1) is 12.0. The molecule has 0 aromatic heterocycles. The molecule has 0 nitrogen and oxygen atoms in total. The Labute approximate surface area is 165 Å². The Morgan fingerprint density at radius 2 is 1.37 bits per heavy atom. The lowest BCUT2D eigenvalue weighted by Gasteiger charge is -2.59. The molecule has 0 heterocycles. The van der Waals surface area contributed by atoms with E-state index in [1.165, 1.54) is 19.3 Å². The monoisotopic (exact) mass is 386 g/mol. The van der Waals surface area contributed by atoms with Gasteiger partial charge in [0, 0.05) is 0 Å². The van der Waals surface area contributed by atoms with Crippen LogP contribution < -0.4 is 0 Å². The van der Waals surface area contributed by atoms with E-state index < -0.39 is 17.0 Å². The van der Waals surface area contributed by atoms with E-state index >= 15 is 0 Å². The number of halogens is 3. The Hall–Kier alpha value is -0.210. The van der Waals surface area contributed by atoms with Crippen molar-refractivity contribution in [2.45, 2.75) is 107 Å². The lowest BCUT2D eigenvalue weighted by Crippen LogP contribution is -2.52. The zero-order valence-electron chi connectivity index (χ0n) is 18.8. The Morgan fingerprint density at radius 1 is 0.815 bits per heavy atom. The highest BCUT2D eigenvalue weighted by atomic mass is 19.4. The van der Waals surface area contributed by atoms with Crippen molar-refractivity contribution in [3.63, 3.8) is 0 Å².